The average molecular weight is 571 g/mol. The molecule has 5 aromatic rings. The van der Waals surface area contributed by atoms with Gasteiger partial charge >= 0.3 is 0 Å². The van der Waals surface area contributed by atoms with Crippen LogP contribution in [0.5, 0.6) is 0 Å². The van der Waals surface area contributed by atoms with Crippen molar-refractivity contribution in [3.8, 4) is 22.5 Å². The molecule has 202 valence electrons. The Balaban J connectivity index is 1.27. The lowest BCUT2D eigenvalue weighted by Gasteiger charge is -2.11. The first-order chi connectivity index (χ1) is 19.3. The quantitative estimate of drug-likeness (QED) is 0.192. The maximum atomic E-state index is 13.0. The van der Waals surface area contributed by atoms with Crippen molar-refractivity contribution in [2.24, 2.45) is 0 Å². The molecule has 9 nitrogen and oxygen atoms in total. The molecule has 0 aliphatic rings. The van der Waals surface area contributed by atoms with Crippen LogP contribution >= 0.6 is 11.8 Å². The van der Waals surface area contributed by atoms with E-state index in [0.717, 1.165) is 22.5 Å². The lowest BCUT2D eigenvalue weighted by atomic mass is 10.1. The van der Waals surface area contributed by atoms with E-state index in [-0.39, 0.29) is 16.8 Å². The van der Waals surface area contributed by atoms with E-state index in [1.807, 2.05) is 60.7 Å². The van der Waals surface area contributed by atoms with Gasteiger partial charge in [0.2, 0.25) is 11.9 Å². The summed E-state index contributed by atoms with van der Waals surface area (Å²) in [7, 11) is -3.88. The number of carbonyl (C=O) groups is 1. The molecule has 0 aliphatic heterocycles. The molecule has 2 heterocycles. The van der Waals surface area contributed by atoms with Gasteiger partial charge in [-0.15, -0.1) is 0 Å². The number of aromatic nitrogens is 4. The fourth-order valence-electron chi connectivity index (χ4n) is 3.89. The number of nitrogens with one attached hydrogen (secondary N) is 3. The second kappa shape index (κ2) is 11.7. The van der Waals surface area contributed by atoms with Crippen molar-refractivity contribution in [1.29, 1.82) is 0 Å². The first-order valence-corrected chi connectivity index (χ1v) is 14.8. The van der Waals surface area contributed by atoms with Gasteiger partial charge in [-0.05, 0) is 44.2 Å². The summed E-state index contributed by atoms with van der Waals surface area (Å²) >= 11 is 1.31. The van der Waals surface area contributed by atoms with Crippen LogP contribution in [0.15, 0.2) is 107 Å². The molecule has 0 bridgehead atoms. The van der Waals surface area contributed by atoms with Crippen LogP contribution in [-0.2, 0) is 14.8 Å². The van der Waals surface area contributed by atoms with Crippen LogP contribution in [0.3, 0.4) is 0 Å². The summed E-state index contributed by atoms with van der Waals surface area (Å²) in [6.07, 6.45) is 1.48. The number of carbonyl (C=O) groups excluding carboxylic acids is 1. The van der Waals surface area contributed by atoms with Crippen LogP contribution in [0.1, 0.15) is 12.6 Å². The molecule has 0 spiro atoms. The summed E-state index contributed by atoms with van der Waals surface area (Å²) in [5.74, 6) is -0.252. The first-order valence-electron chi connectivity index (χ1n) is 12.4. The molecule has 3 N–H and O–H groups in total. The molecule has 1 atom stereocenters. The van der Waals surface area contributed by atoms with Gasteiger partial charge in [0.15, 0.2) is 5.16 Å². The number of amides is 1. The second-order valence-corrected chi connectivity index (χ2v) is 11.9. The Kier molecular flexibility index (Phi) is 7.94. The van der Waals surface area contributed by atoms with E-state index < -0.39 is 15.3 Å². The zero-order valence-corrected chi connectivity index (χ0v) is 23.3. The first kappa shape index (κ1) is 27.1. The Bertz CT molecular complexity index is 1670. The number of aromatic amines is 1. The molecule has 11 heteroatoms. The summed E-state index contributed by atoms with van der Waals surface area (Å²) < 4.78 is 27.8. The molecule has 1 amide bonds. The highest BCUT2D eigenvalue weighted by Crippen LogP contribution is 2.34. The van der Waals surface area contributed by atoms with E-state index in [2.05, 4.69) is 25.0 Å². The van der Waals surface area contributed by atoms with Crippen molar-refractivity contribution in [2.75, 3.05) is 10.0 Å². The predicted octanol–water partition coefficient (Wildman–Crippen LogP) is 5.76. The van der Waals surface area contributed by atoms with E-state index >= 15 is 0 Å². The SMILES string of the molecule is Cc1ccnc(NS(=O)(=O)c2ccc(NC(=O)C(C)Sc3nc(-c4ccccc4)c(-c4ccccc4)[nH]3)cc2)n1. The zero-order valence-electron chi connectivity index (χ0n) is 21.7. The Labute approximate surface area is 236 Å². The number of sulfonamides is 1. The van der Waals surface area contributed by atoms with E-state index in [4.69, 9.17) is 4.98 Å². The Morgan fingerprint density at radius 2 is 1.52 bits per heavy atom. The van der Waals surface area contributed by atoms with Crippen molar-refractivity contribution in [1.82, 2.24) is 19.9 Å². The number of nitrogens with zero attached hydrogens (tertiary/aromatic N) is 3. The second-order valence-electron chi connectivity index (χ2n) is 8.90. The van der Waals surface area contributed by atoms with Gasteiger partial charge in [0.25, 0.3) is 10.0 Å². The minimum Gasteiger partial charge on any atom is -0.332 e. The Morgan fingerprint density at radius 1 is 0.875 bits per heavy atom. The number of H-pyrrole nitrogens is 1. The third-order valence-electron chi connectivity index (χ3n) is 5.90. The molecule has 3 aromatic carbocycles. The zero-order chi connectivity index (χ0) is 28.1. The van der Waals surface area contributed by atoms with Gasteiger partial charge < -0.3 is 10.3 Å². The fourth-order valence-corrected chi connectivity index (χ4v) is 5.64. The maximum Gasteiger partial charge on any atom is 0.264 e. The largest absolute Gasteiger partial charge is 0.332 e. The van der Waals surface area contributed by atoms with Crippen molar-refractivity contribution < 1.29 is 13.2 Å². The summed E-state index contributed by atoms with van der Waals surface area (Å²) in [5.41, 5.74) is 4.76. The third-order valence-corrected chi connectivity index (χ3v) is 8.23. The van der Waals surface area contributed by atoms with E-state index in [9.17, 15) is 13.2 Å². The summed E-state index contributed by atoms with van der Waals surface area (Å²) in [6.45, 7) is 3.53. The number of imidazole rings is 1. The molecule has 0 aliphatic carbocycles. The average Bonchev–Trinajstić information content (AvgIpc) is 3.38. The molecular formula is C29H26N6O3S2. The molecule has 0 fully saturated rings. The number of hydrogen-bond acceptors (Lipinski definition) is 7. The van der Waals surface area contributed by atoms with E-state index in [0.29, 0.717) is 16.5 Å². The van der Waals surface area contributed by atoms with Crippen molar-refractivity contribution in [2.45, 2.75) is 29.1 Å². The Hall–Kier alpha value is -4.48. The lowest BCUT2D eigenvalue weighted by Crippen LogP contribution is -2.22. The van der Waals surface area contributed by atoms with E-state index in [1.54, 1.807) is 19.9 Å². The van der Waals surface area contributed by atoms with Gasteiger partial charge in [-0.3, -0.25) is 4.79 Å². The van der Waals surface area contributed by atoms with Crippen LogP contribution in [0.4, 0.5) is 11.6 Å². The topological polar surface area (TPSA) is 130 Å². The van der Waals surface area contributed by atoms with Crippen molar-refractivity contribution >= 4 is 39.3 Å². The predicted molar refractivity (Wildman–Crippen MR) is 157 cm³/mol. The molecule has 5 rings (SSSR count). The smallest absolute Gasteiger partial charge is 0.264 e. The van der Waals surface area contributed by atoms with Crippen molar-refractivity contribution in [3.63, 3.8) is 0 Å². The van der Waals surface area contributed by atoms with Gasteiger partial charge in [0, 0.05) is 28.7 Å². The number of aryl methyl sites for hydroxylation is 1. The maximum absolute atomic E-state index is 13.0. The number of hydrogen-bond donors (Lipinski definition) is 3. The van der Waals surface area contributed by atoms with Crippen LogP contribution < -0.4 is 10.0 Å². The summed E-state index contributed by atoms with van der Waals surface area (Å²) in [6, 6.07) is 27.4. The van der Waals surface area contributed by atoms with Crippen LogP contribution in [-0.4, -0.2) is 39.5 Å². The van der Waals surface area contributed by atoms with Gasteiger partial charge in [-0.1, -0.05) is 72.4 Å². The number of thioether (sulfide) groups is 1. The molecule has 2 aromatic heterocycles. The highest BCUT2D eigenvalue weighted by Gasteiger charge is 2.21. The molecule has 40 heavy (non-hydrogen) atoms. The normalized spacial score (nSPS) is 12.1. The van der Waals surface area contributed by atoms with Crippen LogP contribution in [0.25, 0.3) is 22.5 Å². The van der Waals surface area contributed by atoms with Gasteiger partial charge in [0.05, 0.1) is 21.5 Å². The number of benzene rings is 3. The highest BCUT2D eigenvalue weighted by molar-refractivity contribution is 8.00. The third kappa shape index (κ3) is 6.38. The molecule has 1 unspecified atom stereocenters. The molecule has 0 radical (unpaired) electrons. The molecular weight excluding hydrogens is 544 g/mol. The highest BCUT2D eigenvalue weighted by atomic mass is 32.2. The minimum absolute atomic E-state index is 0.00741. The van der Waals surface area contributed by atoms with E-state index in [1.165, 1.54) is 42.2 Å². The summed E-state index contributed by atoms with van der Waals surface area (Å²) in [4.78, 5) is 29.2. The monoisotopic (exact) mass is 570 g/mol. The van der Waals surface area contributed by atoms with Crippen molar-refractivity contribution in [3.05, 3.63) is 103 Å². The fraction of sp³-hybridized carbons (Fsp3) is 0.103. The van der Waals surface area contributed by atoms with Crippen LogP contribution in [0, 0.1) is 6.92 Å². The van der Waals surface area contributed by atoms with Gasteiger partial charge in [0.1, 0.15) is 0 Å². The molecule has 0 saturated heterocycles. The Morgan fingerprint density at radius 3 is 2.17 bits per heavy atom. The minimum atomic E-state index is -3.88. The van der Waals surface area contributed by atoms with Crippen LogP contribution in [0.2, 0.25) is 0 Å². The lowest BCUT2D eigenvalue weighted by molar-refractivity contribution is -0.115. The van der Waals surface area contributed by atoms with Gasteiger partial charge in [-0.2, -0.15) is 0 Å². The molecule has 0 saturated carbocycles. The standard InChI is InChI=1S/C29H26N6O3S2/c1-19-17-18-30-28(31-19)35-40(37,38)24-15-13-23(14-16-24)32-27(36)20(2)39-29-33-25(21-9-5-3-6-10-21)26(34-29)22-11-7-4-8-12-22/h3-18,20H,1-2H3,(H,32,36)(H,33,34)(H,30,31,35). The number of rotatable bonds is 9. The summed E-state index contributed by atoms with van der Waals surface area (Å²) in [5, 5.41) is 2.97. The number of anilines is 2. The van der Waals surface area contributed by atoms with Gasteiger partial charge in [-0.25, -0.2) is 28.1 Å².